The molecule has 4 aromatic rings. The van der Waals surface area contributed by atoms with Gasteiger partial charge in [0.2, 0.25) is 0 Å². The molecule has 160 valence electrons. The van der Waals surface area contributed by atoms with Crippen molar-refractivity contribution in [1.82, 2.24) is 9.38 Å². The van der Waals surface area contributed by atoms with Gasteiger partial charge in [-0.1, -0.05) is 12.1 Å². The van der Waals surface area contributed by atoms with Crippen LogP contribution in [0.4, 0.5) is 8.78 Å². The second kappa shape index (κ2) is 7.25. The SMILES string of the molecule is CC(C)(O)c1ccn2c(-c3ccc(F)c(-c4ccc(S(C)(=O)=O)cc4)c3)cnc2c1F. The molecule has 0 atom stereocenters. The van der Waals surface area contributed by atoms with Crippen molar-refractivity contribution in [1.29, 1.82) is 0 Å². The minimum atomic E-state index is -3.36. The molecule has 0 aliphatic rings. The molecule has 0 spiro atoms. The van der Waals surface area contributed by atoms with Gasteiger partial charge in [0, 0.05) is 29.1 Å². The Labute approximate surface area is 178 Å². The largest absolute Gasteiger partial charge is 0.386 e. The molecule has 4 rings (SSSR count). The maximum atomic E-state index is 14.9. The van der Waals surface area contributed by atoms with Gasteiger partial charge >= 0.3 is 0 Å². The third-order valence-electron chi connectivity index (χ3n) is 5.13. The zero-order valence-electron chi connectivity index (χ0n) is 17.1. The van der Waals surface area contributed by atoms with E-state index in [1.807, 2.05) is 0 Å². The lowest BCUT2D eigenvalue weighted by Gasteiger charge is -2.18. The summed E-state index contributed by atoms with van der Waals surface area (Å²) in [6, 6.07) is 11.9. The lowest BCUT2D eigenvalue weighted by molar-refractivity contribution is 0.0746. The van der Waals surface area contributed by atoms with E-state index in [2.05, 4.69) is 4.98 Å². The van der Waals surface area contributed by atoms with E-state index in [0.717, 1.165) is 6.26 Å². The summed E-state index contributed by atoms with van der Waals surface area (Å²) in [4.78, 5) is 4.29. The standard InChI is InChI=1S/C23H20F2N2O3S/c1-23(2,28)18-10-11-27-20(13-26-22(27)21(18)25)15-6-9-19(24)17(12-15)14-4-7-16(8-5-14)31(3,29)30/h4-13,28H,1-3H3. The molecule has 0 amide bonds. The van der Waals surface area contributed by atoms with E-state index in [-0.39, 0.29) is 21.7 Å². The fourth-order valence-electron chi connectivity index (χ4n) is 3.49. The van der Waals surface area contributed by atoms with Crippen LogP contribution in [0.5, 0.6) is 0 Å². The lowest BCUT2D eigenvalue weighted by atomic mass is 9.99. The van der Waals surface area contributed by atoms with Gasteiger partial charge in [-0.25, -0.2) is 22.2 Å². The van der Waals surface area contributed by atoms with Crippen molar-refractivity contribution in [3.63, 3.8) is 0 Å². The van der Waals surface area contributed by atoms with E-state index in [4.69, 9.17) is 0 Å². The van der Waals surface area contributed by atoms with Gasteiger partial charge in [-0.05, 0) is 55.8 Å². The topological polar surface area (TPSA) is 71.7 Å². The third kappa shape index (κ3) is 3.84. The Hall–Kier alpha value is -3.10. The molecule has 0 aliphatic heterocycles. The summed E-state index contributed by atoms with van der Waals surface area (Å²) in [7, 11) is -3.36. The number of benzene rings is 2. The summed E-state index contributed by atoms with van der Waals surface area (Å²) < 4.78 is 54.3. The van der Waals surface area contributed by atoms with Crippen LogP contribution in [0.1, 0.15) is 19.4 Å². The molecule has 2 heterocycles. The highest BCUT2D eigenvalue weighted by Gasteiger charge is 2.24. The number of aromatic nitrogens is 2. The fraction of sp³-hybridized carbons (Fsp3) is 0.174. The second-order valence-corrected chi connectivity index (χ2v) is 9.95. The monoisotopic (exact) mass is 442 g/mol. The average Bonchev–Trinajstić information content (AvgIpc) is 3.12. The summed E-state index contributed by atoms with van der Waals surface area (Å²) in [5.41, 5.74) is 0.758. The molecule has 5 nitrogen and oxygen atoms in total. The van der Waals surface area contributed by atoms with Gasteiger partial charge in [0.05, 0.1) is 22.4 Å². The van der Waals surface area contributed by atoms with Crippen LogP contribution < -0.4 is 0 Å². The van der Waals surface area contributed by atoms with Crippen LogP contribution in [-0.4, -0.2) is 29.2 Å². The number of aliphatic hydroxyl groups is 1. The van der Waals surface area contributed by atoms with Gasteiger partial charge in [-0.15, -0.1) is 0 Å². The van der Waals surface area contributed by atoms with E-state index in [1.54, 1.807) is 30.5 Å². The van der Waals surface area contributed by atoms with Gasteiger partial charge in [-0.3, -0.25) is 4.40 Å². The summed E-state index contributed by atoms with van der Waals surface area (Å²) in [5, 5.41) is 10.2. The van der Waals surface area contributed by atoms with Gasteiger partial charge < -0.3 is 5.11 Å². The van der Waals surface area contributed by atoms with Crippen LogP contribution in [0, 0.1) is 11.6 Å². The van der Waals surface area contributed by atoms with Gasteiger partial charge in [0.15, 0.2) is 21.3 Å². The van der Waals surface area contributed by atoms with Crippen molar-refractivity contribution in [3.05, 3.63) is 78.1 Å². The second-order valence-electron chi connectivity index (χ2n) is 7.93. The highest BCUT2D eigenvalue weighted by molar-refractivity contribution is 7.90. The van der Waals surface area contributed by atoms with E-state index in [0.29, 0.717) is 16.8 Å². The first-order chi connectivity index (χ1) is 14.5. The molecule has 0 saturated heterocycles. The molecular weight excluding hydrogens is 422 g/mol. The normalized spacial score (nSPS) is 12.5. The number of fused-ring (bicyclic) bond motifs is 1. The molecule has 0 saturated carbocycles. The first-order valence-corrected chi connectivity index (χ1v) is 11.3. The molecule has 0 unspecified atom stereocenters. The first-order valence-electron chi connectivity index (χ1n) is 9.45. The van der Waals surface area contributed by atoms with Gasteiger partial charge in [-0.2, -0.15) is 0 Å². The van der Waals surface area contributed by atoms with E-state index in [9.17, 15) is 22.3 Å². The zero-order chi connectivity index (χ0) is 22.6. The quantitative estimate of drug-likeness (QED) is 0.502. The minimum absolute atomic E-state index is 0.0537. The molecule has 2 aromatic heterocycles. The Morgan fingerprint density at radius 3 is 2.26 bits per heavy atom. The van der Waals surface area contributed by atoms with Crippen LogP contribution in [-0.2, 0) is 15.4 Å². The summed E-state index contributed by atoms with van der Waals surface area (Å²) in [5.74, 6) is -1.10. The number of halogens is 2. The highest BCUT2D eigenvalue weighted by Crippen LogP contribution is 2.32. The first kappa shape index (κ1) is 21.1. The summed E-state index contributed by atoms with van der Waals surface area (Å²) in [6.07, 6.45) is 4.20. The minimum Gasteiger partial charge on any atom is -0.386 e. The Bertz CT molecular complexity index is 1400. The molecule has 8 heteroatoms. The number of pyridine rings is 1. The fourth-order valence-corrected chi connectivity index (χ4v) is 4.12. The summed E-state index contributed by atoms with van der Waals surface area (Å²) in [6.45, 7) is 2.99. The Kier molecular flexibility index (Phi) is 4.94. The van der Waals surface area contributed by atoms with Crippen LogP contribution in [0.15, 0.2) is 65.8 Å². The lowest BCUT2D eigenvalue weighted by Crippen LogP contribution is -2.18. The van der Waals surface area contributed by atoms with Crippen molar-refractivity contribution in [3.8, 4) is 22.4 Å². The van der Waals surface area contributed by atoms with Crippen LogP contribution in [0.25, 0.3) is 28.0 Å². The molecule has 0 bridgehead atoms. The molecule has 1 N–H and O–H groups in total. The van der Waals surface area contributed by atoms with Crippen molar-refractivity contribution in [2.24, 2.45) is 0 Å². The van der Waals surface area contributed by atoms with E-state index < -0.39 is 27.1 Å². The Balaban J connectivity index is 1.82. The predicted molar refractivity (Wildman–Crippen MR) is 114 cm³/mol. The smallest absolute Gasteiger partial charge is 0.175 e. The maximum absolute atomic E-state index is 14.9. The molecule has 2 aromatic carbocycles. The van der Waals surface area contributed by atoms with Crippen LogP contribution >= 0.6 is 0 Å². The van der Waals surface area contributed by atoms with Crippen molar-refractivity contribution >= 4 is 15.5 Å². The van der Waals surface area contributed by atoms with E-state index in [1.165, 1.54) is 48.7 Å². The van der Waals surface area contributed by atoms with E-state index >= 15 is 0 Å². The number of hydrogen-bond donors (Lipinski definition) is 1. The zero-order valence-corrected chi connectivity index (χ0v) is 17.9. The molecule has 0 aliphatic carbocycles. The average molecular weight is 442 g/mol. The number of hydrogen-bond acceptors (Lipinski definition) is 4. The predicted octanol–water partition coefficient (Wildman–Crippen LogP) is 4.58. The molecular formula is C23H20F2N2O3S. The van der Waals surface area contributed by atoms with Crippen molar-refractivity contribution in [2.45, 2.75) is 24.3 Å². The Morgan fingerprint density at radius 2 is 1.65 bits per heavy atom. The number of sulfone groups is 1. The number of rotatable bonds is 4. The summed E-state index contributed by atoms with van der Waals surface area (Å²) >= 11 is 0. The third-order valence-corrected chi connectivity index (χ3v) is 6.26. The van der Waals surface area contributed by atoms with Crippen molar-refractivity contribution < 1.29 is 22.3 Å². The van der Waals surface area contributed by atoms with Crippen LogP contribution in [0.2, 0.25) is 0 Å². The number of imidazole rings is 1. The van der Waals surface area contributed by atoms with Crippen LogP contribution in [0.3, 0.4) is 0 Å². The molecule has 31 heavy (non-hydrogen) atoms. The maximum Gasteiger partial charge on any atom is 0.175 e. The van der Waals surface area contributed by atoms with Crippen molar-refractivity contribution in [2.75, 3.05) is 6.26 Å². The highest BCUT2D eigenvalue weighted by atomic mass is 32.2. The Morgan fingerprint density at radius 1 is 1.00 bits per heavy atom. The number of nitrogens with zero attached hydrogens (tertiary/aromatic N) is 2. The molecule has 0 radical (unpaired) electrons. The van der Waals surface area contributed by atoms with Gasteiger partial charge in [0.25, 0.3) is 0 Å². The van der Waals surface area contributed by atoms with Gasteiger partial charge in [0.1, 0.15) is 5.82 Å². The molecule has 0 fully saturated rings.